The molecule has 138 valence electrons. The molecule has 1 unspecified atom stereocenters. The summed E-state index contributed by atoms with van der Waals surface area (Å²) in [4.78, 5) is 16.7. The van der Waals surface area contributed by atoms with Crippen molar-refractivity contribution in [1.82, 2.24) is 14.8 Å². The monoisotopic (exact) mass is 365 g/mol. The third kappa shape index (κ3) is 2.95. The predicted molar refractivity (Wildman–Crippen MR) is 99.0 cm³/mol. The van der Waals surface area contributed by atoms with E-state index in [1.807, 2.05) is 31.2 Å². The molecule has 3 N–H and O–H groups in total. The number of furan rings is 1. The van der Waals surface area contributed by atoms with E-state index in [2.05, 4.69) is 15.4 Å². The molecule has 2 aromatic heterocycles. The molecule has 3 heterocycles. The van der Waals surface area contributed by atoms with Crippen LogP contribution in [0.4, 0.5) is 5.95 Å². The fraction of sp³-hybridized carbons (Fsp3) is 0.211. The Bertz CT molecular complexity index is 1000. The first-order valence-corrected chi connectivity index (χ1v) is 8.59. The van der Waals surface area contributed by atoms with Gasteiger partial charge in [-0.15, -0.1) is 5.10 Å². The first-order valence-electron chi connectivity index (χ1n) is 8.59. The second kappa shape index (κ2) is 6.64. The minimum atomic E-state index is -0.514. The normalized spacial score (nSPS) is 16.0. The molecule has 8 nitrogen and oxygen atoms in total. The van der Waals surface area contributed by atoms with E-state index in [0.29, 0.717) is 35.4 Å². The van der Waals surface area contributed by atoms with E-state index in [9.17, 15) is 4.79 Å². The van der Waals surface area contributed by atoms with Crippen molar-refractivity contribution in [3.63, 3.8) is 0 Å². The summed E-state index contributed by atoms with van der Waals surface area (Å²) in [6.45, 7) is 4.31. The maximum atomic E-state index is 12.2. The summed E-state index contributed by atoms with van der Waals surface area (Å²) in [5, 5.41) is 7.66. The van der Waals surface area contributed by atoms with Crippen LogP contribution in [0.5, 0.6) is 5.75 Å². The number of aromatic nitrogens is 3. The zero-order valence-electron chi connectivity index (χ0n) is 15.0. The molecule has 4 rings (SSSR count). The standard InChI is InChI=1S/C19H19N5O3/c1-3-26-13-8-6-12(7-9-13)16-15(17(20)25)11(2)21-19-22-18(23-24(16)19)14-5-4-10-27-14/h4-10,16H,3H2,1-2H3,(H2,20,25)(H,21,22,23). The molecule has 0 fully saturated rings. The van der Waals surface area contributed by atoms with Crippen LogP contribution in [0.15, 0.2) is 58.3 Å². The van der Waals surface area contributed by atoms with Gasteiger partial charge in [-0.2, -0.15) is 4.98 Å². The topological polar surface area (TPSA) is 108 Å². The van der Waals surface area contributed by atoms with Crippen molar-refractivity contribution in [3.05, 3.63) is 59.5 Å². The molecule has 0 aliphatic carbocycles. The zero-order valence-corrected chi connectivity index (χ0v) is 15.0. The Morgan fingerprint density at radius 2 is 2.11 bits per heavy atom. The number of ether oxygens (including phenoxy) is 1. The lowest BCUT2D eigenvalue weighted by molar-refractivity contribution is -0.115. The van der Waals surface area contributed by atoms with Crippen LogP contribution in [0, 0.1) is 0 Å². The highest BCUT2D eigenvalue weighted by Gasteiger charge is 2.33. The Labute approximate surface area is 155 Å². The first kappa shape index (κ1) is 16.9. The van der Waals surface area contributed by atoms with Gasteiger partial charge in [0, 0.05) is 5.70 Å². The van der Waals surface area contributed by atoms with Gasteiger partial charge in [0.05, 0.1) is 18.4 Å². The van der Waals surface area contributed by atoms with Gasteiger partial charge in [0.2, 0.25) is 17.7 Å². The average Bonchev–Trinajstić information content (AvgIpc) is 3.30. The Morgan fingerprint density at radius 1 is 1.33 bits per heavy atom. The molecular weight excluding hydrogens is 346 g/mol. The second-order valence-electron chi connectivity index (χ2n) is 6.11. The van der Waals surface area contributed by atoms with Crippen LogP contribution < -0.4 is 15.8 Å². The van der Waals surface area contributed by atoms with Crippen LogP contribution in [-0.2, 0) is 4.79 Å². The van der Waals surface area contributed by atoms with E-state index in [0.717, 1.165) is 11.3 Å². The summed E-state index contributed by atoms with van der Waals surface area (Å²) in [5.41, 5.74) is 7.61. The number of primary amides is 1. The van der Waals surface area contributed by atoms with Gasteiger partial charge in [0.1, 0.15) is 11.8 Å². The summed E-state index contributed by atoms with van der Waals surface area (Å²) in [6, 6.07) is 10.6. The van der Waals surface area contributed by atoms with Crippen LogP contribution in [0.3, 0.4) is 0 Å². The molecule has 1 atom stereocenters. The van der Waals surface area contributed by atoms with E-state index in [-0.39, 0.29) is 0 Å². The quantitative estimate of drug-likeness (QED) is 0.720. The number of carbonyl (C=O) groups is 1. The lowest BCUT2D eigenvalue weighted by Gasteiger charge is -2.27. The van der Waals surface area contributed by atoms with Crippen LogP contribution in [0.25, 0.3) is 11.6 Å². The molecule has 3 aromatic rings. The average molecular weight is 365 g/mol. The number of fused-ring (bicyclic) bond motifs is 1. The van der Waals surface area contributed by atoms with Gasteiger partial charge in [0.15, 0.2) is 5.76 Å². The fourth-order valence-electron chi connectivity index (χ4n) is 3.20. The summed E-state index contributed by atoms with van der Waals surface area (Å²) in [7, 11) is 0. The number of nitrogens with one attached hydrogen (secondary N) is 1. The van der Waals surface area contributed by atoms with E-state index in [4.69, 9.17) is 14.9 Å². The highest BCUT2D eigenvalue weighted by atomic mass is 16.5. The van der Waals surface area contributed by atoms with E-state index >= 15 is 0 Å². The Kier molecular flexibility index (Phi) is 4.15. The van der Waals surface area contributed by atoms with Crippen molar-refractivity contribution in [2.45, 2.75) is 19.9 Å². The summed E-state index contributed by atoms with van der Waals surface area (Å²) in [6.07, 6.45) is 1.56. The summed E-state index contributed by atoms with van der Waals surface area (Å²) >= 11 is 0. The van der Waals surface area contributed by atoms with Crippen molar-refractivity contribution < 1.29 is 13.9 Å². The third-order valence-corrected chi connectivity index (χ3v) is 4.37. The molecule has 1 amide bonds. The van der Waals surface area contributed by atoms with Crippen molar-refractivity contribution in [3.8, 4) is 17.3 Å². The Hall–Kier alpha value is -3.55. The zero-order chi connectivity index (χ0) is 19.0. The van der Waals surface area contributed by atoms with Crippen molar-refractivity contribution in [2.24, 2.45) is 5.73 Å². The highest BCUT2D eigenvalue weighted by molar-refractivity contribution is 5.95. The molecule has 0 spiro atoms. The van der Waals surface area contributed by atoms with Gasteiger partial charge in [-0.05, 0) is 43.7 Å². The van der Waals surface area contributed by atoms with Crippen LogP contribution in [-0.4, -0.2) is 27.3 Å². The minimum Gasteiger partial charge on any atom is -0.494 e. The summed E-state index contributed by atoms with van der Waals surface area (Å²) < 4.78 is 12.6. The van der Waals surface area contributed by atoms with Gasteiger partial charge in [-0.3, -0.25) is 4.79 Å². The maximum absolute atomic E-state index is 12.2. The number of benzene rings is 1. The van der Waals surface area contributed by atoms with Gasteiger partial charge >= 0.3 is 0 Å². The second-order valence-corrected chi connectivity index (χ2v) is 6.11. The Morgan fingerprint density at radius 3 is 2.74 bits per heavy atom. The minimum absolute atomic E-state index is 0.428. The number of allylic oxidation sites excluding steroid dienone is 1. The van der Waals surface area contributed by atoms with Crippen LogP contribution >= 0.6 is 0 Å². The van der Waals surface area contributed by atoms with Crippen LogP contribution in [0.2, 0.25) is 0 Å². The Balaban J connectivity index is 1.82. The maximum Gasteiger partial charge on any atom is 0.248 e. The number of amides is 1. The van der Waals surface area contributed by atoms with Gasteiger partial charge in [-0.25, -0.2) is 4.68 Å². The number of carbonyl (C=O) groups excluding carboxylic acids is 1. The molecular formula is C19H19N5O3. The summed E-state index contributed by atoms with van der Waals surface area (Å²) in [5.74, 6) is 1.73. The lowest BCUT2D eigenvalue weighted by atomic mass is 9.95. The molecule has 1 aliphatic heterocycles. The molecule has 8 heteroatoms. The number of hydrogen-bond donors (Lipinski definition) is 2. The first-order chi connectivity index (χ1) is 13.1. The molecule has 0 saturated heterocycles. The van der Waals surface area contributed by atoms with Crippen molar-refractivity contribution in [1.29, 1.82) is 0 Å². The number of nitrogens with zero attached hydrogens (tertiary/aromatic N) is 3. The smallest absolute Gasteiger partial charge is 0.248 e. The van der Waals surface area contributed by atoms with Gasteiger partial charge in [0.25, 0.3) is 0 Å². The van der Waals surface area contributed by atoms with Gasteiger partial charge in [-0.1, -0.05) is 12.1 Å². The van der Waals surface area contributed by atoms with Crippen LogP contribution in [0.1, 0.15) is 25.5 Å². The molecule has 1 aromatic carbocycles. The van der Waals surface area contributed by atoms with Crippen molar-refractivity contribution >= 4 is 11.9 Å². The van der Waals surface area contributed by atoms with E-state index in [1.165, 1.54) is 0 Å². The van der Waals surface area contributed by atoms with Gasteiger partial charge < -0.3 is 20.2 Å². The molecule has 0 saturated carbocycles. The van der Waals surface area contributed by atoms with E-state index in [1.54, 1.807) is 30.0 Å². The number of anilines is 1. The third-order valence-electron chi connectivity index (χ3n) is 4.37. The van der Waals surface area contributed by atoms with E-state index < -0.39 is 11.9 Å². The fourth-order valence-corrected chi connectivity index (χ4v) is 3.20. The number of hydrogen-bond acceptors (Lipinski definition) is 6. The van der Waals surface area contributed by atoms with Crippen molar-refractivity contribution in [2.75, 3.05) is 11.9 Å². The lowest BCUT2D eigenvalue weighted by Crippen LogP contribution is -2.31. The predicted octanol–water partition coefficient (Wildman–Crippen LogP) is 2.71. The number of rotatable bonds is 5. The number of nitrogens with two attached hydrogens (primary N) is 1. The molecule has 27 heavy (non-hydrogen) atoms. The largest absolute Gasteiger partial charge is 0.494 e. The SMILES string of the molecule is CCOc1ccc(C2C(C(N)=O)=C(C)Nc3nc(-c4ccco4)nn32)cc1. The molecule has 0 bridgehead atoms. The highest BCUT2D eigenvalue weighted by Crippen LogP contribution is 2.36. The molecule has 0 radical (unpaired) electrons. The molecule has 1 aliphatic rings.